The van der Waals surface area contributed by atoms with Crippen molar-refractivity contribution in [3.63, 3.8) is 0 Å². The highest BCUT2D eigenvalue weighted by atomic mass is 16.5. The molecular weight excluding hydrogens is 202 g/mol. The van der Waals surface area contributed by atoms with Gasteiger partial charge in [-0.25, -0.2) is 0 Å². The highest BCUT2D eigenvalue weighted by molar-refractivity contribution is 5.43. The lowest BCUT2D eigenvalue weighted by Gasteiger charge is -2.02. The first-order valence-corrected chi connectivity index (χ1v) is 4.89. The predicted octanol–water partition coefficient (Wildman–Crippen LogP) is 2.42. The van der Waals surface area contributed by atoms with Crippen LogP contribution in [0.25, 0.3) is 0 Å². The largest absolute Gasteiger partial charge is 0.453 e. The minimum atomic E-state index is -0.297. The number of benzene rings is 1. The maximum Gasteiger partial charge on any atom is 0.243 e. The van der Waals surface area contributed by atoms with E-state index in [4.69, 9.17) is 10.5 Å². The van der Waals surface area contributed by atoms with Gasteiger partial charge < -0.3 is 10.5 Å². The molecule has 2 aromatic rings. The molecule has 0 amide bonds. The SMILES string of the molecule is Nc1ccccc(Oc2ccccc2)c1=O. The topological polar surface area (TPSA) is 52.3 Å². The smallest absolute Gasteiger partial charge is 0.243 e. The summed E-state index contributed by atoms with van der Waals surface area (Å²) in [6.07, 6.45) is 0. The van der Waals surface area contributed by atoms with Crippen molar-refractivity contribution in [1.29, 1.82) is 0 Å². The molecule has 0 saturated heterocycles. The number of hydrogen-bond donors (Lipinski definition) is 1. The lowest BCUT2D eigenvalue weighted by atomic mass is 10.3. The summed E-state index contributed by atoms with van der Waals surface area (Å²) >= 11 is 0. The zero-order valence-corrected chi connectivity index (χ0v) is 8.59. The van der Waals surface area contributed by atoms with Crippen LogP contribution in [0.1, 0.15) is 0 Å². The van der Waals surface area contributed by atoms with Crippen molar-refractivity contribution in [2.45, 2.75) is 0 Å². The van der Waals surface area contributed by atoms with E-state index < -0.39 is 0 Å². The van der Waals surface area contributed by atoms with Crippen LogP contribution >= 0.6 is 0 Å². The molecule has 2 rings (SSSR count). The Morgan fingerprint density at radius 2 is 1.50 bits per heavy atom. The molecular formula is C13H11NO2. The van der Waals surface area contributed by atoms with Gasteiger partial charge in [-0.3, -0.25) is 4.79 Å². The van der Waals surface area contributed by atoms with E-state index in [0.29, 0.717) is 5.75 Å². The van der Waals surface area contributed by atoms with Crippen molar-refractivity contribution in [1.82, 2.24) is 0 Å². The van der Waals surface area contributed by atoms with Crippen molar-refractivity contribution < 1.29 is 4.74 Å². The van der Waals surface area contributed by atoms with Crippen LogP contribution in [-0.2, 0) is 0 Å². The number of nitrogen functional groups attached to an aromatic ring is 1. The Morgan fingerprint density at radius 3 is 2.25 bits per heavy atom. The van der Waals surface area contributed by atoms with E-state index in [1.807, 2.05) is 18.2 Å². The van der Waals surface area contributed by atoms with Crippen LogP contribution in [0, 0.1) is 0 Å². The van der Waals surface area contributed by atoms with Crippen LogP contribution in [-0.4, -0.2) is 0 Å². The van der Waals surface area contributed by atoms with Gasteiger partial charge in [0.2, 0.25) is 5.43 Å². The van der Waals surface area contributed by atoms with E-state index in [2.05, 4.69) is 0 Å². The summed E-state index contributed by atoms with van der Waals surface area (Å²) in [6, 6.07) is 15.7. The van der Waals surface area contributed by atoms with E-state index in [9.17, 15) is 4.79 Å². The van der Waals surface area contributed by atoms with Crippen LogP contribution in [0.3, 0.4) is 0 Å². The molecule has 2 aromatic carbocycles. The molecule has 0 radical (unpaired) electrons. The second kappa shape index (κ2) is 4.49. The standard InChI is InChI=1S/C13H11NO2/c14-11-8-4-5-9-12(13(11)15)16-10-6-2-1-3-7-10/h1-9H,(H2,14,15). The molecule has 16 heavy (non-hydrogen) atoms. The predicted molar refractivity (Wildman–Crippen MR) is 63.6 cm³/mol. The molecule has 3 nitrogen and oxygen atoms in total. The normalized spacial score (nSPS) is 9.75. The number of ether oxygens (including phenoxy) is 1. The number of rotatable bonds is 2. The van der Waals surface area contributed by atoms with Gasteiger partial charge in [-0.15, -0.1) is 0 Å². The van der Waals surface area contributed by atoms with E-state index in [0.717, 1.165) is 0 Å². The Kier molecular flexibility index (Phi) is 2.87. The average Bonchev–Trinajstić information content (AvgIpc) is 2.46. The molecule has 0 unspecified atom stereocenters. The van der Waals surface area contributed by atoms with Crippen LogP contribution in [0.5, 0.6) is 11.5 Å². The van der Waals surface area contributed by atoms with Gasteiger partial charge in [-0.2, -0.15) is 0 Å². The fourth-order valence-electron chi connectivity index (χ4n) is 1.29. The molecule has 0 spiro atoms. The molecule has 0 aliphatic rings. The molecule has 0 aliphatic heterocycles. The van der Waals surface area contributed by atoms with Gasteiger partial charge in [-0.05, 0) is 24.3 Å². The van der Waals surface area contributed by atoms with Gasteiger partial charge >= 0.3 is 0 Å². The van der Waals surface area contributed by atoms with Crippen LogP contribution in [0.15, 0.2) is 59.4 Å². The van der Waals surface area contributed by atoms with Crippen molar-refractivity contribution in [2.75, 3.05) is 5.73 Å². The van der Waals surface area contributed by atoms with Gasteiger partial charge in [0, 0.05) is 0 Å². The second-order valence-electron chi connectivity index (χ2n) is 3.28. The van der Waals surface area contributed by atoms with Crippen LogP contribution < -0.4 is 15.9 Å². The molecule has 80 valence electrons. The van der Waals surface area contributed by atoms with E-state index in [1.54, 1.807) is 36.4 Å². The Balaban J connectivity index is 2.41. The summed E-state index contributed by atoms with van der Waals surface area (Å²) in [6.45, 7) is 0. The van der Waals surface area contributed by atoms with E-state index >= 15 is 0 Å². The van der Waals surface area contributed by atoms with Gasteiger partial charge in [0.25, 0.3) is 0 Å². The molecule has 0 atom stereocenters. The molecule has 2 N–H and O–H groups in total. The quantitative estimate of drug-likeness (QED) is 0.833. The third-order valence-electron chi connectivity index (χ3n) is 2.09. The summed E-state index contributed by atoms with van der Waals surface area (Å²) in [5.74, 6) is 0.846. The summed E-state index contributed by atoms with van der Waals surface area (Å²) in [4.78, 5) is 11.7. The third-order valence-corrected chi connectivity index (χ3v) is 2.09. The Hall–Kier alpha value is -2.29. The third kappa shape index (κ3) is 2.20. The summed E-state index contributed by atoms with van der Waals surface area (Å²) in [7, 11) is 0. The second-order valence-corrected chi connectivity index (χ2v) is 3.28. The van der Waals surface area contributed by atoms with Crippen LogP contribution in [0.2, 0.25) is 0 Å². The molecule has 3 heteroatoms. The van der Waals surface area contributed by atoms with Gasteiger partial charge in [0.1, 0.15) is 5.75 Å². The number of nitrogens with two attached hydrogens (primary N) is 1. The average molecular weight is 213 g/mol. The maximum atomic E-state index is 11.7. The minimum Gasteiger partial charge on any atom is -0.453 e. The van der Waals surface area contributed by atoms with Crippen molar-refractivity contribution in [3.8, 4) is 11.5 Å². The zero-order valence-electron chi connectivity index (χ0n) is 8.59. The molecule has 0 aromatic heterocycles. The summed E-state index contributed by atoms with van der Waals surface area (Å²) in [5.41, 5.74) is 5.44. The molecule has 0 aliphatic carbocycles. The molecule has 0 fully saturated rings. The number of hydrogen-bond acceptors (Lipinski definition) is 3. The Labute approximate surface area is 93.1 Å². The highest BCUT2D eigenvalue weighted by Gasteiger charge is 2.02. The summed E-state index contributed by atoms with van der Waals surface area (Å²) < 4.78 is 5.46. The number of anilines is 1. The highest BCUT2D eigenvalue weighted by Crippen LogP contribution is 2.17. The Bertz CT molecular complexity index is 538. The number of para-hydroxylation sites is 1. The van der Waals surface area contributed by atoms with E-state index in [-0.39, 0.29) is 16.9 Å². The van der Waals surface area contributed by atoms with Crippen LogP contribution in [0.4, 0.5) is 5.69 Å². The Morgan fingerprint density at radius 1 is 0.875 bits per heavy atom. The molecule has 0 saturated carbocycles. The maximum absolute atomic E-state index is 11.7. The first kappa shape index (κ1) is 10.2. The van der Waals surface area contributed by atoms with Crippen molar-refractivity contribution in [2.24, 2.45) is 0 Å². The fraction of sp³-hybridized carbons (Fsp3) is 0. The lowest BCUT2D eigenvalue weighted by molar-refractivity contribution is 0.479. The van der Waals surface area contributed by atoms with Gasteiger partial charge in [0.05, 0.1) is 5.69 Å². The van der Waals surface area contributed by atoms with Gasteiger partial charge in [-0.1, -0.05) is 30.3 Å². The molecule has 0 heterocycles. The lowest BCUT2D eigenvalue weighted by Crippen LogP contribution is -2.06. The first-order chi connectivity index (χ1) is 7.77. The molecule has 0 bridgehead atoms. The van der Waals surface area contributed by atoms with E-state index in [1.165, 1.54) is 0 Å². The fourth-order valence-corrected chi connectivity index (χ4v) is 1.29. The zero-order chi connectivity index (χ0) is 11.4. The minimum absolute atomic E-state index is 0.177. The van der Waals surface area contributed by atoms with Crippen molar-refractivity contribution in [3.05, 3.63) is 64.8 Å². The monoisotopic (exact) mass is 213 g/mol. The first-order valence-electron chi connectivity index (χ1n) is 4.89. The van der Waals surface area contributed by atoms with Gasteiger partial charge in [0.15, 0.2) is 5.75 Å². The summed E-state index contributed by atoms with van der Waals surface area (Å²) in [5, 5.41) is 0. The van der Waals surface area contributed by atoms with Crippen molar-refractivity contribution >= 4 is 5.69 Å².